The molecule has 1 aromatic rings. The highest BCUT2D eigenvalue weighted by molar-refractivity contribution is 5.85. The molecule has 7 heteroatoms. The fourth-order valence-electron chi connectivity index (χ4n) is 2.14. The Balaban J connectivity index is 0.00000120. The van der Waals surface area contributed by atoms with Gasteiger partial charge in [-0.15, -0.1) is 21.2 Å². The zero-order chi connectivity index (χ0) is 11.9. The lowest BCUT2D eigenvalue weighted by Gasteiger charge is -2.25. The number of fused-ring (bicyclic) bond motifs is 1. The number of halogens is 3. The van der Waals surface area contributed by atoms with Crippen molar-refractivity contribution in [3.63, 3.8) is 0 Å². The Kier molecular flexibility index (Phi) is 3.61. The van der Waals surface area contributed by atoms with Crippen LogP contribution in [-0.4, -0.2) is 25.9 Å². The summed E-state index contributed by atoms with van der Waals surface area (Å²) in [5, 5.41) is 6.45. The van der Waals surface area contributed by atoms with Crippen LogP contribution in [0.15, 0.2) is 18.2 Å². The molecular weight excluding hydrogens is 266 g/mol. The molecule has 0 aromatic heterocycles. The lowest BCUT2D eigenvalue weighted by Crippen LogP contribution is -2.42. The molecular formula is C11H13ClF2N2O2. The Morgan fingerprint density at radius 2 is 2.06 bits per heavy atom. The molecule has 2 N–H and O–H groups in total. The van der Waals surface area contributed by atoms with E-state index in [0.717, 1.165) is 13.1 Å². The SMILES string of the molecule is Cl.FC1(F)Oc2cccc([C@@H]3CNCCN3)c2O1. The van der Waals surface area contributed by atoms with Crippen molar-refractivity contribution in [2.24, 2.45) is 0 Å². The second kappa shape index (κ2) is 4.87. The summed E-state index contributed by atoms with van der Waals surface area (Å²) in [5.41, 5.74) is 0.701. The predicted octanol–water partition coefficient (Wildman–Crippen LogP) is 1.66. The van der Waals surface area contributed by atoms with E-state index in [9.17, 15) is 8.78 Å². The standard InChI is InChI=1S/C11H12F2N2O2.ClH/c12-11(13)16-9-3-1-2-7(10(9)17-11)8-6-14-4-5-15-8;/h1-3,8,14-15H,4-6H2;1H/t8-;/m0./s1. The number of hydrogen-bond acceptors (Lipinski definition) is 4. The third kappa shape index (κ3) is 2.36. The van der Waals surface area contributed by atoms with Gasteiger partial charge in [-0.3, -0.25) is 0 Å². The molecule has 1 aromatic carbocycles. The summed E-state index contributed by atoms with van der Waals surface area (Å²) in [7, 11) is 0. The van der Waals surface area contributed by atoms with E-state index in [2.05, 4.69) is 20.1 Å². The lowest BCUT2D eigenvalue weighted by atomic mass is 10.0. The van der Waals surface area contributed by atoms with Crippen LogP contribution in [0.4, 0.5) is 8.78 Å². The van der Waals surface area contributed by atoms with Gasteiger partial charge in [0.25, 0.3) is 0 Å². The number of nitrogens with one attached hydrogen (secondary N) is 2. The quantitative estimate of drug-likeness (QED) is 0.820. The maximum atomic E-state index is 13.0. The molecule has 0 spiro atoms. The average molecular weight is 279 g/mol. The third-order valence-corrected chi connectivity index (χ3v) is 2.88. The number of piperazine rings is 1. The number of hydrogen-bond donors (Lipinski definition) is 2. The monoisotopic (exact) mass is 278 g/mol. The molecule has 3 rings (SSSR count). The van der Waals surface area contributed by atoms with Gasteiger partial charge in [-0.1, -0.05) is 12.1 Å². The first kappa shape index (κ1) is 13.3. The Morgan fingerprint density at radius 1 is 1.22 bits per heavy atom. The number of ether oxygens (including phenoxy) is 2. The van der Waals surface area contributed by atoms with E-state index >= 15 is 0 Å². The molecule has 0 radical (unpaired) electrons. The van der Waals surface area contributed by atoms with E-state index in [4.69, 9.17) is 0 Å². The molecule has 2 aliphatic heterocycles. The molecule has 1 atom stereocenters. The van der Waals surface area contributed by atoms with Crippen LogP contribution in [0.5, 0.6) is 11.5 Å². The maximum Gasteiger partial charge on any atom is 0.586 e. The van der Waals surface area contributed by atoms with Gasteiger partial charge in [-0.2, -0.15) is 0 Å². The third-order valence-electron chi connectivity index (χ3n) is 2.88. The summed E-state index contributed by atoms with van der Waals surface area (Å²) in [4.78, 5) is 0. The van der Waals surface area contributed by atoms with Crippen molar-refractivity contribution in [1.82, 2.24) is 10.6 Å². The van der Waals surface area contributed by atoms with Gasteiger partial charge in [0.15, 0.2) is 11.5 Å². The van der Waals surface area contributed by atoms with Gasteiger partial charge < -0.3 is 20.1 Å². The van der Waals surface area contributed by atoms with Crippen molar-refractivity contribution in [1.29, 1.82) is 0 Å². The molecule has 0 aliphatic carbocycles. The molecule has 0 unspecified atom stereocenters. The smallest absolute Gasteiger partial charge is 0.395 e. The van der Waals surface area contributed by atoms with E-state index < -0.39 is 6.29 Å². The van der Waals surface area contributed by atoms with E-state index in [-0.39, 0.29) is 29.9 Å². The lowest BCUT2D eigenvalue weighted by molar-refractivity contribution is -0.287. The van der Waals surface area contributed by atoms with E-state index in [0.29, 0.717) is 12.1 Å². The first-order valence-corrected chi connectivity index (χ1v) is 5.48. The molecule has 2 aliphatic rings. The molecule has 2 heterocycles. The zero-order valence-electron chi connectivity index (χ0n) is 9.41. The molecule has 4 nitrogen and oxygen atoms in total. The van der Waals surface area contributed by atoms with Gasteiger partial charge in [0.05, 0.1) is 0 Å². The van der Waals surface area contributed by atoms with Crippen molar-refractivity contribution in [2.75, 3.05) is 19.6 Å². The molecule has 18 heavy (non-hydrogen) atoms. The van der Waals surface area contributed by atoms with E-state index in [1.54, 1.807) is 12.1 Å². The number of rotatable bonds is 1. The topological polar surface area (TPSA) is 42.5 Å². The number of benzene rings is 1. The van der Waals surface area contributed by atoms with Crippen molar-refractivity contribution in [3.05, 3.63) is 23.8 Å². The Hall–Kier alpha value is -1.11. The van der Waals surface area contributed by atoms with Crippen LogP contribution in [0.3, 0.4) is 0 Å². The minimum Gasteiger partial charge on any atom is -0.395 e. The molecule has 1 saturated heterocycles. The van der Waals surface area contributed by atoms with Crippen LogP contribution < -0.4 is 20.1 Å². The molecule has 0 amide bonds. The van der Waals surface area contributed by atoms with Gasteiger partial charge in [0, 0.05) is 31.2 Å². The van der Waals surface area contributed by atoms with Crippen LogP contribution in [0.25, 0.3) is 0 Å². The first-order valence-electron chi connectivity index (χ1n) is 5.48. The average Bonchev–Trinajstić information content (AvgIpc) is 2.63. The van der Waals surface area contributed by atoms with Crippen LogP contribution in [0.1, 0.15) is 11.6 Å². The normalized spacial score (nSPS) is 24.4. The van der Waals surface area contributed by atoms with Crippen LogP contribution >= 0.6 is 12.4 Å². The van der Waals surface area contributed by atoms with Crippen LogP contribution in [-0.2, 0) is 0 Å². The summed E-state index contributed by atoms with van der Waals surface area (Å²) in [6, 6.07) is 4.91. The van der Waals surface area contributed by atoms with Gasteiger partial charge in [0.2, 0.25) is 0 Å². The summed E-state index contributed by atoms with van der Waals surface area (Å²) in [6.07, 6.45) is -3.56. The van der Waals surface area contributed by atoms with Gasteiger partial charge >= 0.3 is 6.29 Å². The Morgan fingerprint density at radius 3 is 2.78 bits per heavy atom. The number of alkyl halides is 2. The zero-order valence-corrected chi connectivity index (χ0v) is 10.2. The van der Waals surface area contributed by atoms with Crippen LogP contribution in [0.2, 0.25) is 0 Å². The van der Waals surface area contributed by atoms with E-state index in [1.807, 2.05) is 0 Å². The van der Waals surface area contributed by atoms with Gasteiger partial charge in [-0.05, 0) is 6.07 Å². The fraction of sp³-hybridized carbons (Fsp3) is 0.455. The first-order chi connectivity index (χ1) is 8.16. The number of para-hydroxylation sites is 1. The summed E-state index contributed by atoms with van der Waals surface area (Å²) < 4.78 is 35.0. The minimum atomic E-state index is -3.56. The second-order valence-corrected chi connectivity index (χ2v) is 4.05. The highest BCUT2D eigenvalue weighted by Crippen LogP contribution is 2.45. The van der Waals surface area contributed by atoms with Crippen molar-refractivity contribution in [2.45, 2.75) is 12.3 Å². The van der Waals surface area contributed by atoms with Gasteiger partial charge in [0.1, 0.15) is 0 Å². The van der Waals surface area contributed by atoms with Crippen molar-refractivity contribution in [3.8, 4) is 11.5 Å². The molecule has 1 fully saturated rings. The van der Waals surface area contributed by atoms with Crippen molar-refractivity contribution >= 4 is 12.4 Å². The minimum absolute atomic E-state index is 0. The van der Waals surface area contributed by atoms with Crippen LogP contribution in [0, 0.1) is 0 Å². The summed E-state index contributed by atoms with van der Waals surface area (Å²) in [5.74, 6) is 0.235. The summed E-state index contributed by atoms with van der Waals surface area (Å²) in [6.45, 7) is 2.36. The fourth-order valence-corrected chi connectivity index (χ4v) is 2.14. The second-order valence-electron chi connectivity index (χ2n) is 4.05. The largest absolute Gasteiger partial charge is 0.586 e. The molecule has 100 valence electrons. The Bertz CT molecular complexity index is 439. The summed E-state index contributed by atoms with van der Waals surface area (Å²) >= 11 is 0. The molecule has 0 saturated carbocycles. The highest BCUT2D eigenvalue weighted by atomic mass is 35.5. The van der Waals surface area contributed by atoms with E-state index in [1.165, 1.54) is 6.07 Å². The maximum absolute atomic E-state index is 13.0. The van der Waals surface area contributed by atoms with Crippen molar-refractivity contribution < 1.29 is 18.3 Å². The Labute approximate surface area is 109 Å². The highest BCUT2D eigenvalue weighted by Gasteiger charge is 2.45. The predicted molar refractivity (Wildman–Crippen MR) is 63.5 cm³/mol. The van der Waals surface area contributed by atoms with Gasteiger partial charge in [-0.25, -0.2) is 0 Å². The molecule has 0 bridgehead atoms.